The highest BCUT2D eigenvalue weighted by atomic mass is 32.1. The number of carbonyl (C=O) groups is 1. The molecule has 1 aromatic carbocycles. The van der Waals surface area contributed by atoms with Gasteiger partial charge in [0, 0.05) is 12.1 Å². The molecule has 3 N–H and O–H groups in total. The monoisotopic (exact) mass is 237 g/mol. The van der Waals surface area contributed by atoms with E-state index in [2.05, 4.69) is 16.2 Å². The van der Waals surface area contributed by atoms with E-state index in [-0.39, 0.29) is 5.91 Å². The summed E-state index contributed by atoms with van der Waals surface area (Å²) in [5.74, 6) is -0.205. The van der Waals surface area contributed by atoms with Crippen LogP contribution in [0.3, 0.4) is 0 Å². The Kier molecular flexibility index (Phi) is 4.72. The van der Waals surface area contributed by atoms with Gasteiger partial charge in [0.1, 0.15) is 0 Å². The third kappa shape index (κ3) is 3.86. The Hall–Kier alpha value is -1.62. The van der Waals surface area contributed by atoms with Crippen molar-refractivity contribution in [1.82, 2.24) is 16.2 Å². The van der Waals surface area contributed by atoms with Gasteiger partial charge in [-0.2, -0.15) is 0 Å². The minimum Gasteiger partial charge on any atom is -0.362 e. The number of benzene rings is 1. The van der Waals surface area contributed by atoms with Crippen LogP contribution in [0.15, 0.2) is 24.3 Å². The van der Waals surface area contributed by atoms with Crippen LogP contribution >= 0.6 is 12.2 Å². The quantitative estimate of drug-likeness (QED) is 0.533. The maximum Gasteiger partial charge on any atom is 0.269 e. The fourth-order valence-corrected chi connectivity index (χ4v) is 1.37. The van der Waals surface area contributed by atoms with Crippen molar-refractivity contribution in [2.24, 2.45) is 0 Å². The van der Waals surface area contributed by atoms with Crippen LogP contribution in [0.25, 0.3) is 0 Å². The fourth-order valence-electron chi connectivity index (χ4n) is 1.18. The molecule has 0 heterocycles. The lowest BCUT2D eigenvalue weighted by Gasteiger charge is -2.10. The largest absolute Gasteiger partial charge is 0.362 e. The summed E-state index contributed by atoms with van der Waals surface area (Å²) in [6.45, 7) is 4.58. The van der Waals surface area contributed by atoms with Crippen LogP contribution < -0.4 is 16.2 Å². The first-order chi connectivity index (χ1) is 7.63. The van der Waals surface area contributed by atoms with Gasteiger partial charge in [0.2, 0.25) is 0 Å². The van der Waals surface area contributed by atoms with Crippen molar-refractivity contribution in [2.75, 3.05) is 6.54 Å². The SMILES string of the molecule is CCNC(=S)NNC(=O)c1cccc(C)c1. The fraction of sp³-hybridized carbons (Fsp3) is 0.273. The molecule has 0 saturated carbocycles. The van der Waals surface area contributed by atoms with Gasteiger partial charge in [0.05, 0.1) is 0 Å². The molecule has 0 bridgehead atoms. The molecule has 0 aliphatic heterocycles. The minimum absolute atomic E-state index is 0.205. The van der Waals surface area contributed by atoms with Gasteiger partial charge in [-0.25, -0.2) is 0 Å². The number of thiocarbonyl (C=S) groups is 1. The van der Waals surface area contributed by atoms with Crippen LogP contribution in [0.2, 0.25) is 0 Å². The number of amides is 1. The highest BCUT2D eigenvalue weighted by Crippen LogP contribution is 2.02. The second kappa shape index (κ2) is 6.07. The van der Waals surface area contributed by atoms with Gasteiger partial charge in [0.25, 0.3) is 5.91 Å². The minimum atomic E-state index is -0.205. The Balaban J connectivity index is 2.50. The molecule has 0 saturated heterocycles. The third-order valence-corrected chi connectivity index (χ3v) is 2.15. The molecule has 0 aliphatic carbocycles. The van der Waals surface area contributed by atoms with E-state index in [0.29, 0.717) is 17.2 Å². The lowest BCUT2D eigenvalue weighted by molar-refractivity contribution is 0.0943. The first-order valence-corrected chi connectivity index (χ1v) is 5.45. The van der Waals surface area contributed by atoms with E-state index in [9.17, 15) is 4.79 Å². The zero-order chi connectivity index (χ0) is 12.0. The molecule has 5 heteroatoms. The molecule has 0 radical (unpaired) electrons. The van der Waals surface area contributed by atoms with Crippen molar-refractivity contribution in [2.45, 2.75) is 13.8 Å². The topological polar surface area (TPSA) is 53.2 Å². The summed E-state index contributed by atoms with van der Waals surface area (Å²) in [4.78, 5) is 11.6. The average molecular weight is 237 g/mol. The molecule has 0 fully saturated rings. The molecule has 0 aromatic heterocycles. The van der Waals surface area contributed by atoms with Crippen LogP contribution in [0.5, 0.6) is 0 Å². The van der Waals surface area contributed by atoms with Gasteiger partial charge in [-0.05, 0) is 38.2 Å². The second-order valence-corrected chi connectivity index (χ2v) is 3.72. The van der Waals surface area contributed by atoms with Gasteiger partial charge in [-0.3, -0.25) is 15.6 Å². The molecular formula is C11H15N3OS. The number of hydrazine groups is 1. The summed E-state index contributed by atoms with van der Waals surface area (Å²) in [5.41, 5.74) is 6.79. The summed E-state index contributed by atoms with van der Waals surface area (Å²) in [6.07, 6.45) is 0. The van der Waals surface area contributed by atoms with Crippen LogP contribution in [-0.2, 0) is 0 Å². The molecule has 1 aromatic rings. The Morgan fingerprint density at radius 2 is 2.12 bits per heavy atom. The first kappa shape index (κ1) is 12.4. The number of carbonyl (C=O) groups excluding carboxylic acids is 1. The van der Waals surface area contributed by atoms with Crippen LogP contribution in [0, 0.1) is 6.92 Å². The normalized spacial score (nSPS) is 9.38. The van der Waals surface area contributed by atoms with E-state index in [1.165, 1.54) is 0 Å². The van der Waals surface area contributed by atoms with E-state index in [4.69, 9.17) is 12.2 Å². The molecule has 16 heavy (non-hydrogen) atoms. The third-order valence-electron chi connectivity index (χ3n) is 1.91. The highest BCUT2D eigenvalue weighted by molar-refractivity contribution is 7.80. The molecule has 1 amide bonds. The number of rotatable bonds is 2. The van der Waals surface area contributed by atoms with E-state index in [0.717, 1.165) is 5.56 Å². The number of aryl methyl sites for hydroxylation is 1. The van der Waals surface area contributed by atoms with Gasteiger partial charge in [0.15, 0.2) is 5.11 Å². The molecule has 0 unspecified atom stereocenters. The smallest absolute Gasteiger partial charge is 0.269 e. The summed E-state index contributed by atoms with van der Waals surface area (Å²) >= 11 is 4.91. The summed E-state index contributed by atoms with van der Waals surface area (Å²) < 4.78 is 0. The molecule has 86 valence electrons. The Morgan fingerprint density at radius 3 is 2.75 bits per heavy atom. The lowest BCUT2D eigenvalue weighted by atomic mass is 10.1. The van der Waals surface area contributed by atoms with Crippen molar-refractivity contribution in [3.05, 3.63) is 35.4 Å². The van der Waals surface area contributed by atoms with E-state index >= 15 is 0 Å². The van der Waals surface area contributed by atoms with Crippen molar-refractivity contribution in [1.29, 1.82) is 0 Å². The lowest BCUT2D eigenvalue weighted by Crippen LogP contribution is -2.46. The maximum atomic E-state index is 11.6. The maximum absolute atomic E-state index is 11.6. The van der Waals surface area contributed by atoms with Crippen molar-refractivity contribution < 1.29 is 4.79 Å². The van der Waals surface area contributed by atoms with Gasteiger partial charge in [-0.1, -0.05) is 17.7 Å². The van der Waals surface area contributed by atoms with Gasteiger partial charge < -0.3 is 5.32 Å². The standard InChI is InChI=1S/C11H15N3OS/c1-3-12-11(16)14-13-10(15)9-6-4-5-8(2)7-9/h4-7H,3H2,1-2H3,(H,13,15)(H2,12,14,16). The van der Waals surface area contributed by atoms with Gasteiger partial charge >= 0.3 is 0 Å². The highest BCUT2D eigenvalue weighted by Gasteiger charge is 2.04. The molecule has 0 spiro atoms. The molecular weight excluding hydrogens is 222 g/mol. The number of hydrogen-bond donors (Lipinski definition) is 3. The Labute approximate surface area is 100 Å². The summed E-state index contributed by atoms with van der Waals surface area (Å²) in [6, 6.07) is 7.34. The van der Waals surface area contributed by atoms with Crippen molar-refractivity contribution >= 4 is 23.2 Å². The molecule has 0 aliphatic rings. The zero-order valence-corrected chi connectivity index (χ0v) is 10.1. The predicted molar refractivity (Wildman–Crippen MR) is 68.1 cm³/mol. The average Bonchev–Trinajstić information content (AvgIpc) is 2.26. The Morgan fingerprint density at radius 1 is 1.38 bits per heavy atom. The van der Waals surface area contributed by atoms with Crippen LogP contribution in [0.1, 0.15) is 22.8 Å². The molecule has 4 nitrogen and oxygen atoms in total. The first-order valence-electron chi connectivity index (χ1n) is 5.04. The van der Waals surface area contributed by atoms with E-state index < -0.39 is 0 Å². The summed E-state index contributed by atoms with van der Waals surface area (Å²) in [7, 11) is 0. The summed E-state index contributed by atoms with van der Waals surface area (Å²) in [5, 5.41) is 3.28. The van der Waals surface area contributed by atoms with Crippen LogP contribution in [0.4, 0.5) is 0 Å². The molecule has 1 rings (SSSR count). The number of hydrogen-bond acceptors (Lipinski definition) is 2. The van der Waals surface area contributed by atoms with Gasteiger partial charge in [-0.15, -0.1) is 0 Å². The van der Waals surface area contributed by atoms with E-state index in [1.54, 1.807) is 6.07 Å². The Bertz CT molecular complexity index is 393. The predicted octanol–water partition coefficient (Wildman–Crippen LogP) is 1.12. The van der Waals surface area contributed by atoms with E-state index in [1.807, 2.05) is 32.0 Å². The van der Waals surface area contributed by atoms with Crippen LogP contribution in [-0.4, -0.2) is 17.6 Å². The second-order valence-electron chi connectivity index (χ2n) is 3.31. The number of nitrogens with one attached hydrogen (secondary N) is 3. The molecule has 0 atom stereocenters. The van der Waals surface area contributed by atoms with Crippen molar-refractivity contribution in [3.8, 4) is 0 Å². The van der Waals surface area contributed by atoms with Crippen molar-refractivity contribution in [3.63, 3.8) is 0 Å². The zero-order valence-electron chi connectivity index (χ0n) is 9.33.